The van der Waals surface area contributed by atoms with E-state index in [1.165, 1.54) is 10.8 Å². The first kappa shape index (κ1) is 31.1. The van der Waals surface area contributed by atoms with Crippen molar-refractivity contribution in [3.8, 4) is 0 Å². The smallest absolute Gasteiger partial charge is 0.315 e. The number of benzene rings is 1. The molecule has 1 N–H and O–H groups in total. The van der Waals surface area contributed by atoms with Gasteiger partial charge in [0.05, 0.1) is 23.3 Å². The first-order valence-electron chi connectivity index (χ1n) is 17.7. The first-order chi connectivity index (χ1) is 21.6. The van der Waals surface area contributed by atoms with Crippen molar-refractivity contribution < 1.29 is 19.4 Å². The van der Waals surface area contributed by atoms with Gasteiger partial charge in [-0.25, -0.2) is 0 Å². The third-order valence-electron chi connectivity index (χ3n) is 13.6. The van der Waals surface area contributed by atoms with E-state index in [1.807, 2.05) is 6.20 Å². The van der Waals surface area contributed by atoms with E-state index < -0.39 is 22.2 Å². The molecule has 10 atom stereocenters. The van der Waals surface area contributed by atoms with E-state index in [0.29, 0.717) is 24.2 Å². The highest BCUT2D eigenvalue weighted by atomic mass is 16.5. The zero-order valence-corrected chi connectivity index (χ0v) is 27.9. The Morgan fingerprint density at radius 1 is 1.20 bits per heavy atom. The second-order valence-electron chi connectivity index (χ2n) is 15.8. The van der Waals surface area contributed by atoms with Crippen LogP contribution >= 0.6 is 0 Å². The molecular formula is C39H52N2O4. The summed E-state index contributed by atoms with van der Waals surface area (Å²) in [6.45, 7) is 10.4. The molecule has 1 saturated heterocycles. The number of hydrogen-bond donors (Lipinski definition) is 1. The molecule has 6 heteroatoms. The highest BCUT2D eigenvalue weighted by molar-refractivity contribution is 5.90. The molecule has 7 unspecified atom stereocenters. The average Bonchev–Trinajstić information content (AvgIpc) is 3.73. The van der Waals surface area contributed by atoms with Crippen molar-refractivity contribution in [2.45, 2.75) is 97.8 Å². The fourth-order valence-corrected chi connectivity index (χ4v) is 11.9. The van der Waals surface area contributed by atoms with Gasteiger partial charge in [-0.05, 0) is 86.1 Å². The van der Waals surface area contributed by atoms with Gasteiger partial charge in [0.15, 0.2) is 0 Å². The minimum Gasteiger partial charge on any atom is -0.481 e. The summed E-state index contributed by atoms with van der Waals surface area (Å²) in [4.78, 5) is 34.7. The van der Waals surface area contributed by atoms with E-state index in [1.54, 1.807) is 0 Å². The molecular weight excluding hydrogens is 560 g/mol. The zero-order chi connectivity index (χ0) is 31.7. The molecule has 242 valence electrons. The number of aliphatic carboxylic acids is 1. The number of carbonyl (C=O) groups excluding carboxylic acids is 1. The van der Waals surface area contributed by atoms with Gasteiger partial charge in [-0.2, -0.15) is 0 Å². The van der Waals surface area contributed by atoms with Crippen LogP contribution in [0, 0.1) is 51.8 Å². The molecule has 4 fully saturated rings. The Hall–Kier alpha value is -2.57. The molecule has 2 aromatic rings. The Labute approximate surface area is 269 Å². The average molecular weight is 613 g/mol. The number of aldehydes is 1. The summed E-state index contributed by atoms with van der Waals surface area (Å²) in [6.07, 6.45) is 13.1. The standard InChI is InChI=1S/C39H52N2O4/c1-6-7-10-27-17-35(45-34(27)22-41(5)21-33-29-12-9-8-11-26(29)15-16-40-33)38-20-30-25(4)13-14-31(30)37(23-42)19-28(38)18-32(24(2)3)39(37,38)36(43)44/h8-9,11-12,15-16,18,23-25,27-28,30-31,34-35H,6-7,10,13-14,17,19-22H2,1-5H3,(H,43,44)/t25-,27?,28?,30-,31-,34?,35?,37?,38?,39?/m1/s1. The molecule has 5 aliphatic rings. The quantitative estimate of drug-likeness (QED) is 0.208. The molecule has 0 spiro atoms. The molecule has 0 radical (unpaired) electrons. The van der Waals surface area contributed by atoms with Crippen molar-refractivity contribution >= 4 is 23.0 Å². The molecule has 7 rings (SSSR count). The highest BCUT2D eigenvalue weighted by Gasteiger charge is 2.86. The molecule has 3 saturated carbocycles. The fourth-order valence-electron chi connectivity index (χ4n) is 11.9. The number of pyridine rings is 1. The van der Waals surface area contributed by atoms with Gasteiger partial charge in [0, 0.05) is 30.1 Å². The van der Waals surface area contributed by atoms with Gasteiger partial charge in [-0.15, -0.1) is 0 Å². The maximum atomic E-state index is 14.1. The van der Waals surface area contributed by atoms with Crippen molar-refractivity contribution in [2.24, 2.45) is 51.8 Å². The van der Waals surface area contributed by atoms with Crippen LogP contribution in [0.1, 0.15) is 84.8 Å². The maximum Gasteiger partial charge on any atom is 0.315 e. The Balaban J connectivity index is 1.25. The Kier molecular flexibility index (Phi) is 7.79. The molecule has 6 nitrogen and oxygen atoms in total. The van der Waals surface area contributed by atoms with Gasteiger partial charge in [0.1, 0.15) is 11.7 Å². The van der Waals surface area contributed by atoms with Gasteiger partial charge in [-0.1, -0.05) is 82.9 Å². The predicted octanol–water partition coefficient (Wildman–Crippen LogP) is 7.56. The minimum absolute atomic E-state index is 0.0219. The predicted molar refractivity (Wildman–Crippen MR) is 176 cm³/mol. The van der Waals surface area contributed by atoms with Crippen LogP contribution in [0.25, 0.3) is 10.8 Å². The fraction of sp³-hybridized carbons (Fsp3) is 0.667. The maximum absolute atomic E-state index is 14.1. The largest absolute Gasteiger partial charge is 0.481 e. The summed E-state index contributed by atoms with van der Waals surface area (Å²) < 4.78 is 7.31. The van der Waals surface area contributed by atoms with E-state index >= 15 is 0 Å². The molecule has 2 heterocycles. The van der Waals surface area contributed by atoms with Crippen molar-refractivity contribution in [1.82, 2.24) is 9.88 Å². The van der Waals surface area contributed by atoms with Gasteiger partial charge in [-0.3, -0.25) is 14.7 Å². The number of hydrogen-bond acceptors (Lipinski definition) is 5. The van der Waals surface area contributed by atoms with Crippen molar-refractivity contribution in [2.75, 3.05) is 13.6 Å². The number of ether oxygens (including phenoxy) is 1. The molecule has 1 aromatic carbocycles. The van der Waals surface area contributed by atoms with E-state index in [2.05, 4.69) is 76.1 Å². The summed E-state index contributed by atoms with van der Waals surface area (Å²) in [6, 6.07) is 10.5. The Morgan fingerprint density at radius 2 is 2.00 bits per heavy atom. The lowest BCUT2D eigenvalue weighted by Crippen LogP contribution is -2.65. The zero-order valence-electron chi connectivity index (χ0n) is 27.9. The van der Waals surface area contributed by atoms with Crippen LogP contribution in [0.15, 0.2) is 48.2 Å². The lowest BCUT2D eigenvalue weighted by molar-refractivity contribution is -0.197. The van der Waals surface area contributed by atoms with E-state index in [4.69, 9.17) is 9.72 Å². The number of fused-ring (bicyclic) bond motifs is 3. The van der Waals surface area contributed by atoms with Gasteiger partial charge >= 0.3 is 5.97 Å². The number of allylic oxidation sites excluding steroid dienone is 1. The van der Waals surface area contributed by atoms with Gasteiger partial charge in [0.25, 0.3) is 0 Å². The third kappa shape index (κ3) is 4.16. The van der Waals surface area contributed by atoms with Crippen LogP contribution < -0.4 is 0 Å². The summed E-state index contributed by atoms with van der Waals surface area (Å²) >= 11 is 0. The molecule has 4 aliphatic carbocycles. The van der Waals surface area contributed by atoms with Crippen LogP contribution in [-0.4, -0.2) is 53.0 Å². The summed E-state index contributed by atoms with van der Waals surface area (Å²) in [5.41, 5.74) is -0.522. The highest BCUT2D eigenvalue weighted by Crippen LogP contribution is 2.84. The number of carboxylic acid groups (broad SMARTS) is 1. The number of likely N-dealkylation sites (N-methyl/N-ethyl adjacent to an activating group) is 1. The second kappa shape index (κ2) is 11.3. The molecule has 4 bridgehead atoms. The number of unbranched alkanes of at least 4 members (excludes halogenated alkanes) is 1. The van der Waals surface area contributed by atoms with Crippen LogP contribution in [0.5, 0.6) is 0 Å². The third-order valence-corrected chi connectivity index (χ3v) is 13.6. The second-order valence-corrected chi connectivity index (χ2v) is 15.8. The first-order valence-corrected chi connectivity index (χ1v) is 17.7. The SMILES string of the molecule is CCCCC1CC(C23C[C@@H]4[C@H](C)CC[C@H]4C4(C=O)CC2C=C(C(C)C)C34C(=O)O)OC1CN(C)Cc1nccc2ccccc12. The summed E-state index contributed by atoms with van der Waals surface area (Å²) in [5, 5.41) is 13.9. The minimum atomic E-state index is -1.18. The van der Waals surface area contributed by atoms with Crippen molar-refractivity contribution in [3.63, 3.8) is 0 Å². The van der Waals surface area contributed by atoms with Crippen molar-refractivity contribution in [3.05, 3.63) is 53.9 Å². The number of rotatable bonds is 11. The lowest BCUT2D eigenvalue weighted by atomic mass is 9.41. The Bertz CT molecular complexity index is 1500. The monoisotopic (exact) mass is 612 g/mol. The normalized spacial score (nSPS) is 40.0. The van der Waals surface area contributed by atoms with E-state index in [0.717, 1.165) is 75.6 Å². The van der Waals surface area contributed by atoms with E-state index in [-0.39, 0.29) is 30.0 Å². The lowest BCUT2D eigenvalue weighted by Gasteiger charge is -2.60. The van der Waals surface area contributed by atoms with E-state index in [9.17, 15) is 14.7 Å². The topological polar surface area (TPSA) is 79.7 Å². The van der Waals surface area contributed by atoms with Crippen LogP contribution in [0.4, 0.5) is 0 Å². The van der Waals surface area contributed by atoms with Gasteiger partial charge < -0.3 is 14.6 Å². The van der Waals surface area contributed by atoms with Crippen LogP contribution in [-0.2, 0) is 20.9 Å². The Morgan fingerprint density at radius 3 is 2.73 bits per heavy atom. The van der Waals surface area contributed by atoms with Crippen molar-refractivity contribution in [1.29, 1.82) is 0 Å². The molecule has 0 amide bonds. The number of carbonyl (C=O) groups is 2. The molecule has 1 aromatic heterocycles. The van der Waals surface area contributed by atoms with Crippen LogP contribution in [0.3, 0.4) is 0 Å². The van der Waals surface area contributed by atoms with Gasteiger partial charge in [0.2, 0.25) is 0 Å². The molecule has 45 heavy (non-hydrogen) atoms. The summed E-state index contributed by atoms with van der Waals surface area (Å²) in [5.74, 6) is 0.773. The summed E-state index contributed by atoms with van der Waals surface area (Å²) in [7, 11) is 2.16. The van der Waals surface area contributed by atoms with Crippen LogP contribution in [0.2, 0.25) is 0 Å². The number of nitrogens with zero attached hydrogens (tertiary/aromatic N) is 2. The number of aromatic nitrogens is 1. The number of carboxylic acids is 1. The molecule has 1 aliphatic heterocycles.